The van der Waals surface area contributed by atoms with Crippen LogP contribution in [0.1, 0.15) is 22.8 Å². The molecular weight excluding hydrogens is 308 g/mol. The minimum Gasteiger partial charge on any atom is -0.504 e. The number of benzene rings is 2. The van der Waals surface area contributed by atoms with Crippen molar-refractivity contribution in [3.8, 4) is 17.2 Å². The van der Waals surface area contributed by atoms with E-state index in [2.05, 4.69) is 10.5 Å². The summed E-state index contributed by atoms with van der Waals surface area (Å²) >= 11 is 6.02. The first-order valence-electron chi connectivity index (χ1n) is 6.24. The maximum absolute atomic E-state index is 11.9. The molecule has 2 aromatic rings. The Bertz CT molecular complexity index is 736. The summed E-state index contributed by atoms with van der Waals surface area (Å²) in [5.41, 5.74) is 3.39. The van der Waals surface area contributed by atoms with Gasteiger partial charge in [0.2, 0.25) is 0 Å². The Balaban J connectivity index is 2.19. The van der Waals surface area contributed by atoms with Gasteiger partial charge in [0.1, 0.15) is 0 Å². The van der Waals surface area contributed by atoms with Crippen molar-refractivity contribution in [3.05, 3.63) is 52.5 Å². The van der Waals surface area contributed by atoms with Crippen LogP contribution in [0.5, 0.6) is 17.2 Å². The molecule has 2 rings (SSSR count). The number of phenols is 3. The minimum absolute atomic E-state index is 0.0523. The van der Waals surface area contributed by atoms with Crippen LogP contribution in [0.3, 0.4) is 0 Å². The molecule has 2 aromatic carbocycles. The maximum atomic E-state index is 11.9. The molecule has 0 aliphatic carbocycles. The predicted octanol–water partition coefficient (Wildman–Crippen LogP) is 2.61. The van der Waals surface area contributed by atoms with Crippen LogP contribution in [0.2, 0.25) is 5.02 Å². The number of rotatable bonds is 3. The van der Waals surface area contributed by atoms with Crippen LogP contribution >= 0.6 is 11.6 Å². The van der Waals surface area contributed by atoms with E-state index in [9.17, 15) is 20.1 Å². The van der Waals surface area contributed by atoms with Crippen LogP contribution in [0.25, 0.3) is 0 Å². The molecule has 0 aromatic heterocycles. The second-order valence-corrected chi connectivity index (χ2v) is 4.89. The Kier molecular flexibility index (Phi) is 4.53. The van der Waals surface area contributed by atoms with E-state index in [0.29, 0.717) is 16.3 Å². The van der Waals surface area contributed by atoms with Crippen molar-refractivity contribution < 1.29 is 20.1 Å². The fourth-order valence-electron chi connectivity index (χ4n) is 1.75. The third kappa shape index (κ3) is 3.29. The van der Waals surface area contributed by atoms with E-state index in [-0.39, 0.29) is 5.56 Å². The molecule has 0 atom stereocenters. The summed E-state index contributed by atoms with van der Waals surface area (Å²) in [7, 11) is 0. The number of nitrogens with one attached hydrogen (secondary N) is 1. The summed E-state index contributed by atoms with van der Waals surface area (Å²) in [5, 5.41) is 32.4. The first-order valence-corrected chi connectivity index (χ1v) is 6.62. The zero-order valence-electron chi connectivity index (χ0n) is 11.5. The van der Waals surface area contributed by atoms with E-state index in [1.165, 1.54) is 0 Å². The van der Waals surface area contributed by atoms with E-state index in [1.807, 2.05) is 0 Å². The smallest absolute Gasteiger partial charge is 0.271 e. The van der Waals surface area contributed by atoms with Gasteiger partial charge in [-0.2, -0.15) is 5.10 Å². The predicted molar refractivity (Wildman–Crippen MR) is 82.6 cm³/mol. The average molecular weight is 321 g/mol. The van der Waals surface area contributed by atoms with Crippen LogP contribution in [0, 0.1) is 0 Å². The summed E-state index contributed by atoms with van der Waals surface area (Å²) in [6.07, 6.45) is 0. The number of carbonyl (C=O) groups is 1. The molecule has 0 unspecified atom stereocenters. The number of hydrazone groups is 1. The van der Waals surface area contributed by atoms with Crippen molar-refractivity contribution in [3.63, 3.8) is 0 Å². The number of amides is 1. The average Bonchev–Trinajstić information content (AvgIpc) is 2.49. The summed E-state index contributed by atoms with van der Waals surface area (Å²) in [6.45, 7) is 1.67. The van der Waals surface area contributed by atoms with Crippen molar-refractivity contribution in [1.29, 1.82) is 0 Å². The van der Waals surface area contributed by atoms with E-state index < -0.39 is 23.2 Å². The first-order chi connectivity index (χ1) is 10.4. The van der Waals surface area contributed by atoms with Crippen molar-refractivity contribution in [2.75, 3.05) is 0 Å². The van der Waals surface area contributed by atoms with Gasteiger partial charge in [0.05, 0.1) is 5.71 Å². The molecule has 0 heterocycles. The van der Waals surface area contributed by atoms with Crippen LogP contribution in [-0.2, 0) is 0 Å². The number of phenolic OH excluding ortho intramolecular Hbond substituents is 3. The number of hydrogen-bond donors (Lipinski definition) is 4. The number of carbonyl (C=O) groups excluding carboxylic acids is 1. The third-order valence-corrected chi connectivity index (χ3v) is 3.25. The molecule has 0 saturated carbocycles. The van der Waals surface area contributed by atoms with Gasteiger partial charge in [0, 0.05) is 16.1 Å². The monoisotopic (exact) mass is 320 g/mol. The quantitative estimate of drug-likeness (QED) is 0.396. The van der Waals surface area contributed by atoms with Crippen molar-refractivity contribution >= 4 is 23.2 Å². The van der Waals surface area contributed by atoms with E-state index >= 15 is 0 Å². The van der Waals surface area contributed by atoms with Crippen LogP contribution in [0.4, 0.5) is 0 Å². The van der Waals surface area contributed by atoms with Gasteiger partial charge >= 0.3 is 0 Å². The minimum atomic E-state index is -0.688. The standard InChI is InChI=1S/C15H13ClN2O4/c1-8(10-4-2-3-5-11(10)16)17-18-15(22)9-6-12(19)14(21)13(20)7-9/h2-7,19-21H,1H3,(H,18,22). The Morgan fingerprint density at radius 1 is 1.14 bits per heavy atom. The molecule has 0 aliphatic rings. The highest BCUT2D eigenvalue weighted by molar-refractivity contribution is 6.34. The Morgan fingerprint density at radius 2 is 1.73 bits per heavy atom. The molecule has 22 heavy (non-hydrogen) atoms. The maximum Gasteiger partial charge on any atom is 0.271 e. The molecule has 1 amide bonds. The summed E-state index contributed by atoms with van der Waals surface area (Å²) in [6, 6.07) is 9.06. The summed E-state index contributed by atoms with van der Waals surface area (Å²) < 4.78 is 0. The normalized spacial score (nSPS) is 11.3. The van der Waals surface area contributed by atoms with Gasteiger partial charge in [0.15, 0.2) is 17.2 Å². The second kappa shape index (κ2) is 6.36. The van der Waals surface area contributed by atoms with E-state index in [0.717, 1.165) is 12.1 Å². The number of nitrogens with zero attached hydrogens (tertiary/aromatic N) is 1. The lowest BCUT2D eigenvalue weighted by atomic mass is 10.1. The second-order valence-electron chi connectivity index (χ2n) is 4.48. The molecule has 0 radical (unpaired) electrons. The Hall–Kier alpha value is -2.73. The summed E-state index contributed by atoms with van der Waals surface area (Å²) in [5.74, 6) is -2.54. The van der Waals surface area contributed by atoms with Crippen LogP contribution in [-0.4, -0.2) is 26.9 Å². The zero-order chi connectivity index (χ0) is 16.3. The number of halogens is 1. The third-order valence-electron chi connectivity index (χ3n) is 2.92. The van der Waals surface area contributed by atoms with E-state index in [4.69, 9.17) is 11.6 Å². The van der Waals surface area contributed by atoms with Gasteiger partial charge < -0.3 is 15.3 Å². The van der Waals surface area contributed by atoms with Crippen LogP contribution in [0.15, 0.2) is 41.5 Å². The molecule has 114 valence electrons. The fourth-order valence-corrected chi connectivity index (χ4v) is 2.02. The van der Waals surface area contributed by atoms with E-state index in [1.54, 1.807) is 31.2 Å². The molecular formula is C15H13ClN2O4. The lowest BCUT2D eigenvalue weighted by Gasteiger charge is -2.06. The molecule has 0 aliphatic heterocycles. The first kappa shape index (κ1) is 15.7. The molecule has 0 spiro atoms. The highest BCUT2D eigenvalue weighted by Crippen LogP contribution is 2.35. The molecule has 0 saturated heterocycles. The van der Waals surface area contributed by atoms with Gasteiger partial charge in [-0.1, -0.05) is 29.8 Å². The van der Waals surface area contributed by atoms with Crippen molar-refractivity contribution in [2.45, 2.75) is 6.92 Å². The Morgan fingerprint density at radius 3 is 2.32 bits per heavy atom. The van der Waals surface area contributed by atoms with Crippen molar-refractivity contribution in [2.24, 2.45) is 5.10 Å². The fraction of sp³-hybridized carbons (Fsp3) is 0.0667. The van der Waals surface area contributed by atoms with Gasteiger partial charge in [-0.25, -0.2) is 5.43 Å². The molecule has 4 N–H and O–H groups in total. The SMILES string of the molecule is CC(=NNC(=O)c1cc(O)c(O)c(O)c1)c1ccccc1Cl. The largest absolute Gasteiger partial charge is 0.504 e. The lowest BCUT2D eigenvalue weighted by Crippen LogP contribution is -2.19. The van der Waals surface area contributed by atoms with Gasteiger partial charge in [0.25, 0.3) is 5.91 Å². The molecule has 0 bridgehead atoms. The number of hydrogen-bond acceptors (Lipinski definition) is 5. The molecule has 7 heteroatoms. The molecule has 0 fully saturated rings. The van der Waals surface area contributed by atoms with Crippen molar-refractivity contribution in [1.82, 2.24) is 5.43 Å². The number of aromatic hydroxyl groups is 3. The van der Waals surface area contributed by atoms with Gasteiger partial charge in [-0.05, 0) is 25.1 Å². The Labute approximate surface area is 131 Å². The highest BCUT2D eigenvalue weighted by atomic mass is 35.5. The summed E-state index contributed by atoms with van der Waals surface area (Å²) in [4.78, 5) is 11.9. The van der Waals surface area contributed by atoms with Crippen LogP contribution < -0.4 is 5.43 Å². The highest BCUT2D eigenvalue weighted by Gasteiger charge is 2.13. The van der Waals surface area contributed by atoms with Gasteiger partial charge in [-0.3, -0.25) is 4.79 Å². The molecule has 6 nitrogen and oxygen atoms in total. The topological polar surface area (TPSA) is 102 Å². The van der Waals surface area contributed by atoms with Gasteiger partial charge in [-0.15, -0.1) is 0 Å². The zero-order valence-corrected chi connectivity index (χ0v) is 12.3. The lowest BCUT2D eigenvalue weighted by molar-refractivity contribution is 0.0954.